The molecule has 0 amide bonds. The molecule has 3 rings (SSSR count). The molecule has 0 radical (unpaired) electrons. The summed E-state index contributed by atoms with van der Waals surface area (Å²) in [7, 11) is 0. The van der Waals surface area contributed by atoms with Gasteiger partial charge in [0.2, 0.25) is 5.88 Å². The van der Waals surface area contributed by atoms with Crippen molar-refractivity contribution in [1.29, 1.82) is 0 Å². The minimum absolute atomic E-state index is 0.162. The summed E-state index contributed by atoms with van der Waals surface area (Å²) in [4.78, 5) is 8.04. The molecule has 7 heteroatoms. The Morgan fingerprint density at radius 1 is 1.15 bits per heavy atom. The summed E-state index contributed by atoms with van der Waals surface area (Å²) < 4.78 is 7.03. The van der Waals surface area contributed by atoms with Crippen LogP contribution in [-0.4, -0.2) is 19.7 Å². The highest BCUT2D eigenvalue weighted by Crippen LogP contribution is 2.25. The van der Waals surface area contributed by atoms with E-state index in [0.717, 1.165) is 5.69 Å². The van der Waals surface area contributed by atoms with Crippen molar-refractivity contribution in [1.82, 2.24) is 19.7 Å². The normalized spacial score (nSPS) is 10.4. The number of hydrogen-bond donors (Lipinski definition) is 1. The second-order valence-corrected chi connectivity index (χ2v) is 4.39. The maximum Gasteiger partial charge on any atom is 0.342 e. The van der Waals surface area contributed by atoms with Crippen molar-refractivity contribution in [3.63, 3.8) is 0 Å². The van der Waals surface area contributed by atoms with E-state index in [-0.39, 0.29) is 11.9 Å². The van der Waals surface area contributed by atoms with E-state index in [2.05, 4.69) is 15.1 Å². The number of halogens is 1. The molecule has 20 heavy (non-hydrogen) atoms. The number of aromatic nitrogens is 4. The van der Waals surface area contributed by atoms with Crippen LogP contribution >= 0.6 is 11.6 Å². The molecule has 2 aromatic heterocycles. The van der Waals surface area contributed by atoms with Crippen LogP contribution < -0.4 is 10.5 Å². The maximum atomic E-state index is 5.77. The first-order valence-electron chi connectivity index (χ1n) is 5.78. The van der Waals surface area contributed by atoms with Crippen molar-refractivity contribution in [2.45, 2.75) is 0 Å². The van der Waals surface area contributed by atoms with E-state index >= 15 is 0 Å². The van der Waals surface area contributed by atoms with Crippen LogP contribution in [0.3, 0.4) is 0 Å². The summed E-state index contributed by atoms with van der Waals surface area (Å²) in [5, 5.41) is 4.64. The average molecular weight is 288 g/mol. The zero-order valence-corrected chi connectivity index (χ0v) is 11.0. The Morgan fingerprint density at radius 3 is 2.70 bits per heavy atom. The number of nitrogens with zero attached hydrogens (tertiary/aromatic N) is 4. The zero-order valence-electron chi connectivity index (χ0n) is 10.3. The largest absolute Gasteiger partial charge is 0.402 e. The summed E-state index contributed by atoms with van der Waals surface area (Å²) in [6.45, 7) is 0. The van der Waals surface area contributed by atoms with Crippen LogP contribution in [0.4, 0.5) is 5.69 Å². The summed E-state index contributed by atoms with van der Waals surface area (Å²) >= 11 is 5.77. The average Bonchev–Trinajstić information content (AvgIpc) is 2.92. The molecule has 0 unspecified atom stereocenters. The molecule has 0 atom stereocenters. The fraction of sp³-hybridized carbons (Fsp3) is 0. The Balaban J connectivity index is 1.84. The van der Waals surface area contributed by atoms with Gasteiger partial charge in [0, 0.05) is 6.20 Å². The third-order valence-corrected chi connectivity index (χ3v) is 2.73. The molecule has 0 bridgehead atoms. The van der Waals surface area contributed by atoms with Crippen LogP contribution in [0.1, 0.15) is 0 Å². The highest BCUT2D eigenvalue weighted by molar-refractivity contribution is 6.30. The predicted molar refractivity (Wildman–Crippen MR) is 75.1 cm³/mol. The van der Waals surface area contributed by atoms with Crippen LogP contribution in [0.25, 0.3) is 5.69 Å². The monoisotopic (exact) mass is 287 g/mol. The van der Waals surface area contributed by atoms with Gasteiger partial charge >= 0.3 is 6.01 Å². The van der Waals surface area contributed by atoms with Crippen molar-refractivity contribution in [2.24, 2.45) is 0 Å². The van der Waals surface area contributed by atoms with E-state index in [0.29, 0.717) is 10.7 Å². The molecule has 100 valence electrons. The molecule has 0 saturated heterocycles. The molecule has 0 spiro atoms. The van der Waals surface area contributed by atoms with Crippen LogP contribution in [0.5, 0.6) is 11.9 Å². The number of nitrogen functional groups attached to an aromatic ring is 1. The quantitative estimate of drug-likeness (QED) is 0.801. The Labute approximate surface area is 119 Å². The molecule has 6 nitrogen and oxygen atoms in total. The first kappa shape index (κ1) is 12.4. The van der Waals surface area contributed by atoms with Crippen molar-refractivity contribution < 1.29 is 4.74 Å². The second kappa shape index (κ2) is 5.18. The number of benzene rings is 1. The molecule has 0 aliphatic rings. The molecule has 2 heterocycles. The summed E-state index contributed by atoms with van der Waals surface area (Å²) in [6, 6.07) is 11.3. The highest BCUT2D eigenvalue weighted by atomic mass is 35.5. The number of pyridine rings is 1. The van der Waals surface area contributed by atoms with Crippen molar-refractivity contribution in [3.05, 3.63) is 53.9 Å². The zero-order chi connectivity index (χ0) is 13.9. The number of ether oxygens (including phenoxy) is 1. The molecular weight excluding hydrogens is 278 g/mol. The van der Waals surface area contributed by atoms with Gasteiger partial charge in [-0.05, 0) is 18.2 Å². The molecule has 0 saturated carbocycles. The maximum absolute atomic E-state index is 5.77. The van der Waals surface area contributed by atoms with Gasteiger partial charge in [0.25, 0.3) is 0 Å². The van der Waals surface area contributed by atoms with Crippen molar-refractivity contribution in [3.8, 4) is 17.6 Å². The lowest BCUT2D eigenvalue weighted by atomic mass is 10.3. The van der Waals surface area contributed by atoms with Gasteiger partial charge in [0.15, 0.2) is 0 Å². The van der Waals surface area contributed by atoms with Gasteiger partial charge < -0.3 is 10.5 Å². The van der Waals surface area contributed by atoms with Gasteiger partial charge in [-0.3, -0.25) is 0 Å². The lowest BCUT2D eigenvalue weighted by Crippen LogP contribution is -1.97. The van der Waals surface area contributed by atoms with Gasteiger partial charge in [-0.1, -0.05) is 29.8 Å². The van der Waals surface area contributed by atoms with Crippen molar-refractivity contribution in [2.75, 3.05) is 5.73 Å². The number of para-hydroxylation sites is 1. The lowest BCUT2D eigenvalue weighted by molar-refractivity contribution is 0.427. The fourth-order valence-electron chi connectivity index (χ4n) is 1.61. The summed E-state index contributed by atoms with van der Waals surface area (Å²) in [5.74, 6) is 0.222. The van der Waals surface area contributed by atoms with Crippen LogP contribution in [0.15, 0.2) is 48.9 Å². The summed E-state index contributed by atoms with van der Waals surface area (Å²) in [5.41, 5.74) is 6.96. The minimum Gasteiger partial charge on any atom is -0.402 e. The molecule has 0 fully saturated rings. The van der Waals surface area contributed by atoms with E-state index in [1.807, 2.05) is 30.3 Å². The van der Waals surface area contributed by atoms with Crippen molar-refractivity contribution >= 4 is 17.3 Å². The Kier molecular flexibility index (Phi) is 3.22. The van der Waals surface area contributed by atoms with Gasteiger partial charge in [0.05, 0.1) is 16.4 Å². The van der Waals surface area contributed by atoms with Gasteiger partial charge in [-0.25, -0.2) is 9.67 Å². The third kappa shape index (κ3) is 2.55. The lowest BCUT2D eigenvalue weighted by Gasteiger charge is -2.03. The Morgan fingerprint density at radius 2 is 1.95 bits per heavy atom. The molecule has 2 N–H and O–H groups in total. The molecule has 0 aliphatic heterocycles. The second-order valence-electron chi connectivity index (χ2n) is 3.96. The van der Waals surface area contributed by atoms with E-state index in [9.17, 15) is 0 Å². The third-order valence-electron chi connectivity index (χ3n) is 2.53. The SMILES string of the molecule is Nc1cc(Cl)cnc1Oc1ncn(-c2ccccc2)n1. The predicted octanol–water partition coefficient (Wildman–Crippen LogP) is 2.69. The first-order valence-corrected chi connectivity index (χ1v) is 6.16. The number of anilines is 1. The van der Waals surface area contributed by atoms with Crippen LogP contribution in [0, 0.1) is 0 Å². The van der Waals surface area contributed by atoms with E-state index < -0.39 is 0 Å². The van der Waals surface area contributed by atoms with Crippen LogP contribution in [0.2, 0.25) is 5.02 Å². The summed E-state index contributed by atoms with van der Waals surface area (Å²) in [6.07, 6.45) is 3.00. The van der Waals surface area contributed by atoms with Gasteiger partial charge in [-0.15, -0.1) is 5.10 Å². The first-order chi connectivity index (χ1) is 9.72. The van der Waals surface area contributed by atoms with E-state index in [4.69, 9.17) is 22.1 Å². The van der Waals surface area contributed by atoms with Gasteiger partial charge in [0.1, 0.15) is 6.33 Å². The number of hydrogen-bond acceptors (Lipinski definition) is 5. The van der Waals surface area contributed by atoms with E-state index in [1.54, 1.807) is 17.1 Å². The molecule has 0 aliphatic carbocycles. The number of nitrogens with two attached hydrogens (primary N) is 1. The topological polar surface area (TPSA) is 78.9 Å². The standard InChI is InChI=1S/C13H10ClN5O/c14-9-6-11(15)12(16-7-9)20-13-17-8-19(18-13)10-4-2-1-3-5-10/h1-8H,15H2. The smallest absolute Gasteiger partial charge is 0.342 e. The van der Waals surface area contributed by atoms with E-state index in [1.165, 1.54) is 6.20 Å². The number of rotatable bonds is 3. The highest BCUT2D eigenvalue weighted by Gasteiger charge is 2.09. The molecule has 3 aromatic rings. The minimum atomic E-state index is 0.162. The fourth-order valence-corrected chi connectivity index (χ4v) is 1.78. The molecular formula is C13H10ClN5O. The molecule has 1 aromatic carbocycles. The Hall–Kier alpha value is -2.60. The van der Waals surface area contributed by atoms with Gasteiger partial charge in [-0.2, -0.15) is 4.98 Å². The van der Waals surface area contributed by atoms with Crippen LogP contribution in [-0.2, 0) is 0 Å². The Bertz CT molecular complexity index is 729.